The van der Waals surface area contributed by atoms with Gasteiger partial charge in [0, 0.05) is 65.0 Å². The molecule has 37 heavy (non-hydrogen) atoms. The fourth-order valence-corrected chi connectivity index (χ4v) is 4.69. The van der Waals surface area contributed by atoms with Crippen molar-refractivity contribution >= 4 is 33.8 Å². The van der Waals surface area contributed by atoms with Crippen LogP contribution in [0.3, 0.4) is 0 Å². The minimum atomic E-state index is -0.931. The van der Waals surface area contributed by atoms with E-state index in [0.29, 0.717) is 26.9 Å². The van der Waals surface area contributed by atoms with Gasteiger partial charge >= 0.3 is 0 Å². The van der Waals surface area contributed by atoms with Crippen molar-refractivity contribution < 1.29 is 9.84 Å². The summed E-state index contributed by atoms with van der Waals surface area (Å²) in [5.74, 6) is 0.627. The first-order chi connectivity index (χ1) is 18.0. The summed E-state index contributed by atoms with van der Waals surface area (Å²) in [6.07, 6.45) is 5.64. The predicted octanol–water partition coefficient (Wildman–Crippen LogP) is 7.16. The van der Waals surface area contributed by atoms with Crippen molar-refractivity contribution in [3.63, 3.8) is 0 Å². The summed E-state index contributed by atoms with van der Waals surface area (Å²) in [7, 11) is 1.91. The van der Waals surface area contributed by atoms with Crippen LogP contribution >= 0.6 is 22.9 Å². The van der Waals surface area contributed by atoms with Gasteiger partial charge in [-0.3, -0.25) is 9.67 Å². The molecule has 9 heteroatoms. The number of hydrogen-bond acceptors (Lipinski definition) is 7. The molecule has 0 fully saturated rings. The molecule has 0 aliphatic carbocycles. The van der Waals surface area contributed by atoms with E-state index in [2.05, 4.69) is 15.1 Å². The smallest absolute Gasteiger partial charge is 0.146 e. The molecule has 1 N–H and O–H groups in total. The van der Waals surface area contributed by atoms with E-state index >= 15 is 0 Å². The Morgan fingerprint density at radius 3 is 2.57 bits per heavy atom. The first kappa shape index (κ1) is 28.2. The molecule has 0 saturated heterocycles. The zero-order valence-corrected chi connectivity index (χ0v) is 23.5. The fraction of sp³-hybridized carbons (Fsp3) is 0.286. The van der Waals surface area contributed by atoms with Gasteiger partial charge in [0.15, 0.2) is 0 Å². The Hall–Kier alpha value is -3.33. The van der Waals surface area contributed by atoms with Crippen molar-refractivity contribution in [3.05, 3.63) is 87.4 Å². The molecular formula is C28H32ClN5O2S. The number of aromatic nitrogens is 5. The second-order valence-electron chi connectivity index (χ2n) is 7.55. The Labute approximate surface area is 226 Å². The van der Waals surface area contributed by atoms with Gasteiger partial charge in [-0.25, -0.2) is 9.97 Å². The number of halogens is 1. The molecule has 0 aliphatic heterocycles. The third kappa shape index (κ3) is 6.15. The Bertz CT molecular complexity index is 1440. The lowest BCUT2D eigenvalue weighted by atomic mass is 10.0. The van der Waals surface area contributed by atoms with Crippen LogP contribution in [-0.4, -0.2) is 29.8 Å². The molecule has 0 radical (unpaired) electrons. The molecule has 5 aromatic rings. The quantitative estimate of drug-likeness (QED) is 0.247. The van der Waals surface area contributed by atoms with Crippen molar-refractivity contribution in [3.8, 4) is 17.0 Å². The van der Waals surface area contributed by atoms with Gasteiger partial charge < -0.3 is 9.84 Å². The van der Waals surface area contributed by atoms with Crippen molar-refractivity contribution in [2.45, 2.75) is 47.3 Å². The number of benzene rings is 1. The highest BCUT2D eigenvalue weighted by molar-refractivity contribution is 7.09. The van der Waals surface area contributed by atoms with Crippen LogP contribution in [-0.2, 0) is 13.7 Å². The number of aliphatic hydroxyl groups excluding tert-OH is 1. The third-order valence-electron chi connectivity index (χ3n) is 5.42. The maximum atomic E-state index is 10.8. The molecule has 5 rings (SSSR count). The lowest BCUT2D eigenvalue weighted by molar-refractivity contribution is 0.214. The summed E-state index contributed by atoms with van der Waals surface area (Å²) in [5.41, 5.74) is 4.87. The number of fused-ring (bicyclic) bond motifs is 1. The maximum Gasteiger partial charge on any atom is 0.146 e. The summed E-state index contributed by atoms with van der Waals surface area (Å²) < 4.78 is 8.06. The predicted molar refractivity (Wildman–Crippen MR) is 151 cm³/mol. The summed E-state index contributed by atoms with van der Waals surface area (Å²) in [6, 6.07) is 9.87. The molecule has 0 aliphatic rings. The van der Waals surface area contributed by atoms with Crippen LogP contribution < -0.4 is 4.74 Å². The molecule has 4 aromatic heterocycles. The van der Waals surface area contributed by atoms with Gasteiger partial charge in [0.2, 0.25) is 0 Å². The largest absolute Gasteiger partial charge is 0.487 e. The lowest BCUT2D eigenvalue weighted by Crippen LogP contribution is -2.08. The summed E-state index contributed by atoms with van der Waals surface area (Å²) in [5, 5.41) is 18.9. The number of nitrogens with zero attached hydrogens (tertiary/aromatic N) is 5. The molecule has 194 valence electrons. The van der Waals surface area contributed by atoms with Crippen LogP contribution in [0.5, 0.6) is 5.75 Å². The van der Waals surface area contributed by atoms with E-state index in [1.165, 1.54) is 11.3 Å². The molecule has 1 aromatic carbocycles. The summed E-state index contributed by atoms with van der Waals surface area (Å²) >= 11 is 7.83. The lowest BCUT2D eigenvalue weighted by Gasteiger charge is -2.17. The van der Waals surface area contributed by atoms with Gasteiger partial charge in [-0.15, -0.1) is 11.3 Å². The first-order valence-corrected chi connectivity index (χ1v) is 13.5. The molecule has 0 amide bonds. The normalized spacial score (nSPS) is 11.2. The van der Waals surface area contributed by atoms with E-state index in [4.69, 9.17) is 21.3 Å². The molecule has 0 bridgehead atoms. The van der Waals surface area contributed by atoms with Crippen molar-refractivity contribution in [1.29, 1.82) is 0 Å². The Balaban J connectivity index is 0.000000907. The van der Waals surface area contributed by atoms with E-state index in [1.54, 1.807) is 24.8 Å². The van der Waals surface area contributed by atoms with E-state index in [1.807, 2.05) is 82.1 Å². The SMILES string of the molecule is CC.CC.Cc1cc(-c2ccnn2C)c2cccc(OCc3c(Cl)cncc3C(O)c3nccs3)c2n1. The third-order valence-corrected chi connectivity index (χ3v) is 6.57. The van der Waals surface area contributed by atoms with Crippen molar-refractivity contribution in [2.75, 3.05) is 0 Å². The number of pyridine rings is 2. The van der Waals surface area contributed by atoms with E-state index in [-0.39, 0.29) is 6.61 Å². The molecule has 4 heterocycles. The average molecular weight is 538 g/mol. The number of aliphatic hydroxyl groups is 1. The van der Waals surface area contributed by atoms with Gasteiger partial charge in [0.25, 0.3) is 0 Å². The number of thiazole rings is 1. The van der Waals surface area contributed by atoms with Crippen molar-refractivity contribution in [1.82, 2.24) is 24.7 Å². The number of rotatable bonds is 6. The second-order valence-corrected chi connectivity index (χ2v) is 8.89. The molecular weight excluding hydrogens is 506 g/mol. The monoisotopic (exact) mass is 537 g/mol. The van der Waals surface area contributed by atoms with Gasteiger partial charge in [-0.05, 0) is 25.1 Å². The van der Waals surface area contributed by atoms with Crippen molar-refractivity contribution in [2.24, 2.45) is 7.05 Å². The van der Waals surface area contributed by atoms with Crippen LogP contribution in [0, 0.1) is 6.92 Å². The summed E-state index contributed by atoms with van der Waals surface area (Å²) in [4.78, 5) is 13.1. The minimum Gasteiger partial charge on any atom is -0.487 e. The highest BCUT2D eigenvalue weighted by Gasteiger charge is 2.20. The fourth-order valence-electron chi connectivity index (χ4n) is 3.83. The Morgan fingerprint density at radius 2 is 1.89 bits per heavy atom. The van der Waals surface area contributed by atoms with E-state index in [9.17, 15) is 5.11 Å². The minimum absolute atomic E-state index is 0.148. The number of ether oxygens (including phenoxy) is 1. The van der Waals surface area contributed by atoms with Gasteiger partial charge in [0.1, 0.15) is 29.0 Å². The number of hydrogen-bond donors (Lipinski definition) is 1. The standard InChI is InChI=1S/C24H20ClN5O2S.2C2H6/c1-14-10-16(20-6-7-28-30(20)2)15-4-3-5-21(22(15)29-14)32-13-18-17(11-26-12-19(18)25)23(31)24-27-8-9-33-24;2*1-2/h3-12,23,31H,13H2,1-2H3;2*1-2H3. The first-order valence-electron chi connectivity index (χ1n) is 12.2. The zero-order chi connectivity index (χ0) is 26.9. The zero-order valence-electron chi connectivity index (χ0n) is 21.9. The Kier molecular flexibility index (Phi) is 10.1. The molecule has 1 unspecified atom stereocenters. The molecule has 0 saturated carbocycles. The van der Waals surface area contributed by atoms with Gasteiger partial charge in [-0.1, -0.05) is 51.4 Å². The van der Waals surface area contributed by atoms with Crippen LogP contribution in [0.15, 0.2) is 60.5 Å². The second kappa shape index (κ2) is 13.3. The topological polar surface area (TPSA) is 86.0 Å². The highest BCUT2D eigenvalue weighted by atomic mass is 35.5. The number of aryl methyl sites for hydroxylation is 2. The molecule has 0 spiro atoms. The van der Waals surface area contributed by atoms with Crippen LogP contribution in [0.2, 0.25) is 5.02 Å². The molecule has 7 nitrogen and oxygen atoms in total. The Morgan fingerprint density at radius 1 is 1.11 bits per heavy atom. The van der Waals surface area contributed by atoms with E-state index < -0.39 is 6.10 Å². The average Bonchev–Trinajstić information content (AvgIpc) is 3.62. The highest BCUT2D eigenvalue weighted by Crippen LogP contribution is 2.35. The van der Waals surface area contributed by atoms with Crippen LogP contribution in [0.4, 0.5) is 0 Å². The van der Waals surface area contributed by atoms with Gasteiger partial charge in [0.05, 0.1) is 10.7 Å². The van der Waals surface area contributed by atoms with Gasteiger partial charge in [-0.2, -0.15) is 5.10 Å². The number of para-hydroxylation sites is 1. The van der Waals surface area contributed by atoms with E-state index in [0.717, 1.165) is 27.9 Å². The summed E-state index contributed by atoms with van der Waals surface area (Å²) in [6.45, 7) is 10.1. The molecule has 1 atom stereocenters. The maximum absolute atomic E-state index is 10.8. The van der Waals surface area contributed by atoms with Crippen LogP contribution in [0.1, 0.15) is 55.6 Å². The van der Waals surface area contributed by atoms with Crippen LogP contribution in [0.25, 0.3) is 22.2 Å².